The lowest BCUT2D eigenvalue weighted by Gasteiger charge is -2.11. The lowest BCUT2D eigenvalue weighted by Crippen LogP contribution is -2.34. The van der Waals surface area contributed by atoms with Gasteiger partial charge in [0.25, 0.3) is 5.91 Å². The standard InChI is InChI=1S/C13H16N2OS/c1-9(8-17-2)14-13(16)12-7-10-5-3-4-6-11(10)15-12/h3-7,9,15H,8H2,1-2H3,(H,14,16). The van der Waals surface area contributed by atoms with Gasteiger partial charge in [-0.25, -0.2) is 0 Å². The molecule has 0 saturated heterocycles. The molecule has 1 heterocycles. The highest BCUT2D eigenvalue weighted by Gasteiger charge is 2.11. The SMILES string of the molecule is CSCC(C)NC(=O)c1cc2ccccc2[nH]1. The molecule has 1 amide bonds. The van der Waals surface area contributed by atoms with Gasteiger partial charge in [0.2, 0.25) is 0 Å². The largest absolute Gasteiger partial charge is 0.351 e. The van der Waals surface area contributed by atoms with Crippen molar-refractivity contribution >= 4 is 28.6 Å². The Morgan fingerprint density at radius 2 is 2.24 bits per heavy atom. The highest BCUT2D eigenvalue weighted by atomic mass is 32.2. The number of aromatic amines is 1. The molecule has 90 valence electrons. The topological polar surface area (TPSA) is 44.9 Å². The van der Waals surface area contributed by atoms with E-state index in [4.69, 9.17) is 0 Å². The second-order valence-corrected chi connectivity index (χ2v) is 5.01. The molecule has 0 fully saturated rings. The van der Waals surface area contributed by atoms with Crippen molar-refractivity contribution in [1.82, 2.24) is 10.3 Å². The number of amides is 1. The summed E-state index contributed by atoms with van der Waals surface area (Å²) in [5.41, 5.74) is 1.62. The number of rotatable bonds is 4. The predicted molar refractivity (Wildman–Crippen MR) is 73.6 cm³/mol. The molecule has 0 saturated carbocycles. The van der Waals surface area contributed by atoms with Gasteiger partial charge in [0.15, 0.2) is 0 Å². The van der Waals surface area contributed by atoms with Crippen LogP contribution >= 0.6 is 11.8 Å². The van der Waals surface area contributed by atoms with Gasteiger partial charge < -0.3 is 10.3 Å². The summed E-state index contributed by atoms with van der Waals surface area (Å²) < 4.78 is 0. The maximum absolute atomic E-state index is 11.9. The number of carbonyl (C=O) groups excluding carboxylic acids is 1. The number of hydrogen-bond acceptors (Lipinski definition) is 2. The summed E-state index contributed by atoms with van der Waals surface area (Å²) in [5, 5.41) is 4.03. The molecule has 0 radical (unpaired) electrons. The van der Waals surface area contributed by atoms with Crippen molar-refractivity contribution in [3.05, 3.63) is 36.0 Å². The van der Waals surface area contributed by atoms with E-state index in [2.05, 4.69) is 10.3 Å². The Bertz CT molecular complexity index is 488. The fraction of sp³-hybridized carbons (Fsp3) is 0.308. The summed E-state index contributed by atoms with van der Waals surface area (Å²) in [4.78, 5) is 15.1. The minimum Gasteiger partial charge on any atom is -0.351 e. The van der Waals surface area contributed by atoms with Crippen molar-refractivity contribution < 1.29 is 4.79 Å². The molecule has 2 rings (SSSR count). The average Bonchev–Trinajstić information content (AvgIpc) is 2.72. The van der Waals surface area contributed by atoms with Crippen LogP contribution in [0.2, 0.25) is 0 Å². The Morgan fingerprint density at radius 1 is 1.47 bits per heavy atom. The molecule has 0 aliphatic rings. The van der Waals surface area contributed by atoms with E-state index in [0.717, 1.165) is 16.7 Å². The summed E-state index contributed by atoms with van der Waals surface area (Å²) in [5.74, 6) is 0.883. The summed E-state index contributed by atoms with van der Waals surface area (Å²) in [6.45, 7) is 2.01. The third kappa shape index (κ3) is 2.82. The summed E-state index contributed by atoms with van der Waals surface area (Å²) >= 11 is 1.73. The van der Waals surface area contributed by atoms with Crippen molar-refractivity contribution in [3.8, 4) is 0 Å². The van der Waals surface area contributed by atoms with E-state index >= 15 is 0 Å². The zero-order valence-electron chi connectivity index (χ0n) is 9.99. The molecule has 1 atom stereocenters. The van der Waals surface area contributed by atoms with Crippen LogP contribution in [0.4, 0.5) is 0 Å². The van der Waals surface area contributed by atoms with Gasteiger partial charge in [-0.1, -0.05) is 18.2 Å². The third-order valence-electron chi connectivity index (χ3n) is 2.57. The number of aromatic nitrogens is 1. The second-order valence-electron chi connectivity index (χ2n) is 4.10. The summed E-state index contributed by atoms with van der Waals surface area (Å²) in [6, 6.07) is 9.95. The number of thioether (sulfide) groups is 1. The van der Waals surface area contributed by atoms with Gasteiger partial charge in [0, 0.05) is 22.7 Å². The predicted octanol–water partition coefficient (Wildman–Crippen LogP) is 2.65. The lowest BCUT2D eigenvalue weighted by molar-refractivity contribution is 0.0939. The van der Waals surface area contributed by atoms with E-state index in [0.29, 0.717) is 5.69 Å². The number of fused-ring (bicyclic) bond motifs is 1. The minimum atomic E-state index is -0.0391. The van der Waals surface area contributed by atoms with Gasteiger partial charge >= 0.3 is 0 Å². The van der Waals surface area contributed by atoms with Crippen molar-refractivity contribution in [3.63, 3.8) is 0 Å². The van der Waals surface area contributed by atoms with Gasteiger partial charge in [-0.2, -0.15) is 11.8 Å². The van der Waals surface area contributed by atoms with Crippen LogP contribution in [-0.2, 0) is 0 Å². The first-order valence-electron chi connectivity index (χ1n) is 5.58. The molecule has 2 aromatic rings. The van der Waals surface area contributed by atoms with Crippen LogP contribution < -0.4 is 5.32 Å². The quantitative estimate of drug-likeness (QED) is 0.873. The minimum absolute atomic E-state index is 0.0391. The van der Waals surface area contributed by atoms with Crippen LogP contribution in [-0.4, -0.2) is 28.9 Å². The summed E-state index contributed by atoms with van der Waals surface area (Å²) in [6.07, 6.45) is 2.03. The van der Waals surface area contributed by atoms with Crippen LogP contribution in [0.3, 0.4) is 0 Å². The van der Waals surface area contributed by atoms with Crippen LogP contribution in [0.5, 0.6) is 0 Å². The number of carbonyl (C=O) groups is 1. The smallest absolute Gasteiger partial charge is 0.267 e. The molecule has 0 bridgehead atoms. The van der Waals surface area contributed by atoms with E-state index in [1.165, 1.54) is 0 Å². The van der Waals surface area contributed by atoms with E-state index in [-0.39, 0.29) is 11.9 Å². The Balaban J connectivity index is 2.13. The first-order chi connectivity index (χ1) is 8.20. The molecule has 4 heteroatoms. The fourth-order valence-corrected chi connectivity index (χ4v) is 2.37. The first-order valence-corrected chi connectivity index (χ1v) is 6.97. The Kier molecular flexibility index (Phi) is 3.74. The van der Waals surface area contributed by atoms with Gasteiger partial charge in [0.05, 0.1) is 0 Å². The molecular weight excluding hydrogens is 232 g/mol. The monoisotopic (exact) mass is 248 g/mol. The molecule has 1 aromatic carbocycles. The number of benzene rings is 1. The zero-order valence-corrected chi connectivity index (χ0v) is 10.8. The number of para-hydroxylation sites is 1. The molecule has 0 aliphatic heterocycles. The molecule has 3 nitrogen and oxygen atoms in total. The molecular formula is C13H16N2OS. The molecule has 0 aliphatic carbocycles. The molecule has 2 N–H and O–H groups in total. The first kappa shape index (κ1) is 12.0. The summed E-state index contributed by atoms with van der Waals surface area (Å²) in [7, 11) is 0. The average molecular weight is 248 g/mol. The van der Waals surface area contributed by atoms with Gasteiger partial charge in [0.1, 0.15) is 5.69 Å². The zero-order chi connectivity index (χ0) is 12.3. The van der Waals surface area contributed by atoms with Crippen molar-refractivity contribution in [2.75, 3.05) is 12.0 Å². The van der Waals surface area contributed by atoms with E-state index in [1.54, 1.807) is 11.8 Å². The number of nitrogens with one attached hydrogen (secondary N) is 2. The molecule has 0 spiro atoms. The molecule has 1 unspecified atom stereocenters. The van der Waals surface area contributed by atoms with E-state index in [1.807, 2.05) is 43.5 Å². The maximum atomic E-state index is 11.9. The second kappa shape index (κ2) is 5.27. The Morgan fingerprint density at radius 3 is 2.94 bits per heavy atom. The normalized spacial score (nSPS) is 12.6. The van der Waals surface area contributed by atoms with Crippen LogP contribution in [0.1, 0.15) is 17.4 Å². The van der Waals surface area contributed by atoms with Gasteiger partial charge in [-0.15, -0.1) is 0 Å². The number of H-pyrrole nitrogens is 1. The lowest BCUT2D eigenvalue weighted by atomic mass is 10.2. The highest BCUT2D eigenvalue weighted by Crippen LogP contribution is 2.14. The van der Waals surface area contributed by atoms with E-state index < -0.39 is 0 Å². The third-order valence-corrected chi connectivity index (χ3v) is 3.40. The van der Waals surface area contributed by atoms with Crippen molar-refractivity contribution in [2.24, 2.45) is 0 Å². The van der Waals surface area contributed by atoms with Crippen LogP contribution in [0, 0.1) is 0 Å². The Hall–Kier alpha value is -1.42. The van der Waals surface area contributed by atoms with Gasteiger partial charge in [-0.3, -0.25) is 4.79 Å². The van der Waals surface area contributed by atoms with Gasteiger partial charge in [-0.05, 0) is 25.3 Å². The van der Waals surface area contributed by atoms with Crippen LogP contribution in [0.15, 0.2) is 30.3 Å². The van der Waals surface area contributed by atoms with Crippen molar-refractivity contribution in [1.29, 1.82) is 0 Å². The molecule has 1 aromatic heterocycles. The maximum Gasteiger partial charge on any atom is 0.267 e. The highest BCUT2D eigenvalue weighted by molar-refractivity contribution is 7.98. The van der Waals surface area contributed by atoms with Crippen molar-refractivity contribution in [2.45, 2.75) is 13.0 Å². The van der Waals surface area contributed by atoms with E-state index in [9.17, 15) is 4.79 Å². The Labute approximate surface area is 105 Å². The fourth-order valence-electron chi connectivity index (χ4n) is 1.79. The van der Waals surface area contributed by atoms with Crippen LogP contribution in [0.25, 0.3) is 10.9 Å². The molecule has 17 heavy (non-hydrogen) atoms. The number of hydrogen-bond donors (Lipinski definition) is 2.